The summed E-state index contributed by atoms with van der Waals surface area (Å²) >= 11 is 0. The van der Waals surface area contributed by atoms with Gasteiger partial charge in [0.15, 0.2) is 0 Å². The van der Waals surface area contributed by atoms with Gasteiger partial charge in [0, 0.05) is 32.2 Å². The predicted molar refractivity (Wildman–Crippen MR) is 101 cm³/mol. The van der Waals surface area contributed by atoms with Crippen molar-refractivity contribution in [1.82, 2.24) is 10.2 Å². The van der Waals surface area contributed by atoms with Gasteiger partial charge in [-0.2, -0.15) is 0 Å². The highest BCUT2D eigenvalue weighted by atomic mass is 16.5. The largest absolute Gasteiger partial charge is 0.495 e. The number of ether oxygens (including phenoxy) is 1. The molecule has 2 aliphatic heterocycles. The first-order valence-corrected chi connectivity index (χ1v) is 9.54. The van der Waals surface area contributed by atoms with E-state index >= 15 is 0 Å². The highest BCUT2D eigenvalue weighted by Gasteiger charge is 2.32. The number of likely N-dealkylation sites (tertiary alicyclic amines) is 1. The number of rotatable bonds is 5. The zero-order valence-electron chi connectivity index (χ0n) is 15.7. The average Bonchev–Trinajstić information content (AvgIpc) is 3.26. The van der Waals surface area contributed by atoms with Gasteiger partial charge in [-0.15, -0.1) is 0 Å². The molecule has 1 aromatic rings. The molecule has 0 radical (unpaired) electrons. The Bertz CT molecular complexity index is 592. The minimum Gasteiger partial charge on any atom is -0.495 e. The second kappa shape index (κ2) is 7.98. The molecule has 2 fully saturated rings. The lowest BCUT2D eigenvalue weighted by atomic mass is 10.1. The lowest BCUT2D eigenvalue weighted by molar-refractivity contribution is 0.189. The predicted octanol–water partition coefficient (Wildman–Crippen LogP) is 3.35. The van der Waals surface area contributed by atoms with Crippen LogP contribution in [0.1, 0.15) is 33.1 Å². The number of nitrogens with zero attached hydrogens (tertiary/aromatic N) is 2. The molecule has 1 N–H and O–H groups in total. The quantitative estimate of drug-likeness (QED) is 0.890. The van der Waals surface area contributed by atoms with Gasteiger partial charge in [-0.25, -0.2) is 4.79 Å². The SMILES string of the molecule is CCC1CC(C)CN1C(=O)NCC1CCN(c2ccccc2OC)C1. The lowest BCUT2D eigenvalue weighted by Gasteiger charge is -2.25. The van der Waals surface area contributed by atoms with E-state index in [1.165, 1.54) is 0 Å². The number of urea groups is 1. The molecule has 0 spiro atoms. The molecule has 25 heavy (non-hydrogen) atoms. The van der Waals surface area contributed by atoms with Crippen LogP contribution in [0.25, 0.3) is 0 Å². The van der Waals surface area contributed by atoms with Crippen molar-refractivity contribution in [2.45, 2.75) is 39.2 Å². The molecule has 5 nitrogen and oxygen atoms in total. The monoisotopic (exact) mass is 345 g/mol. The first-order chi connectivity index (χ1) is 12.1. The first kappa shape index (κ1) is 17.9. The van der Waals surface area contributed by atoms with Crippen LogP contribution in [0, 0.1) is 11.8 Å². The summed E-state index contributed by atoms with van der Waals surface area (Å²) in [5.41, 5.74) is 1.15. The molecular formula is C20H31N3O2. The van der Waals surface area contributed by atoms with Crippen molar-refractivity contribution in [3.63, 3.8) is 0 Å². The van der Waals surface area contributed by atoms with Gasteiger partial charge >= 0.3 is 6.03 Å². The first-order valence-electron chi connectivity index (χ1n) is 9.54. The van der Waals surface area contributed by atoms with E-state index in [9.17, 15) is 4.79 Å². The summed E-state index contributed by atoms with van der Waals surface area (Å²) in [5.74, 6) is 2.03. The zero-order chi connectivity index (χ0) is 17.8. The molecule has 138 valence electrons. The van der Waals surface area contributed by atoms with Crippen molar-refractivity contribution in [2.24, 2.45) is 11.8 Å². The maximum absolute atomic E-state index is 12.6. The van der Waals surface area contributed by atoms with Gasteiger partial charge in [0.05, 0.1) is 12.8 Å². The van der Waals surface area contributed by atoms with Gasteiger partial charge in [-0.05, 0) is 43.2 Å². The Kier molecular flexibility index (Phi) is 5.71. The van der Waals surface area contributed by atoms with E-state index in [-0.39, 0.29) is 6.03 Å². The van der Waals surface area contributed by atoms with Crippen LogP contribution in [0.4, 0.5) is 10.5 Å². The third kappa shape index (κ3) is 4.02. The van der Waals surface area contributed by atoms with E-state index in [2.05, 4.69) is 30.1 Å². The van der Waals surface area contributed by atoms with Crippen LogP contribution in [0.2, 0.25) is 0 Å². The molecule has 3 rings (SSSR count). The van der Waals surface area contributed by atoms with E-state index in [0.717, 1.165) is 56.9 Å². The number of carbonyl (C=O) groups excluding carboxylic acids is 1. The molecule has 1 aromatic carbocycles. The number of methoxy groups -OCH3 is 1. The highest BCUT2D eigenvalue weighted by molar-refractivity contribution is 5.75. The summed E-state index contributed by atoms with van der Waals surface area (Å²) in [7, 11) is 1.72. The third-order valence-electron chi connectivity index (χ3n) is 5.61. The fourth-order valence-electron chi connectivity index (χ4n) is 4.23. The normalized spacial score (nSPS) is 26.1. The molecule has 2 amide bonds. The zero-order valence-corrected chi connectivity index (χ0v) is 15.7. The van der Waals surface area contributed by atoms with Crippen molar-refractivity contribution in [3.8, 4) is 5.75 Å². The molecule has 2 aliphatic rings. The Labute approximate surface area is 151 Å². The molecule has 0 aliphatic carbocycles. The van der Waals surface area contributed by atoms with Crippen molar-refractivity contribution >= 4 is 11.7 Å². The molecule has 2 saturated heterocycles. The van der Waals surface area contributed by atoms with Crippen LogP contribution in [-0.4, -0.2) is 50.3 Å². The Morgan fingerprint density at radius 3 is 2.88 bits per heavy atom. The number of hydrogen-bond acceptors (Lipinski definition) is 3. The number of para-hydroxylation sites is 2. The van der Waals surface area contributed by atoms with Crippen LogP contribution < -0.4 is 15.0 Å². The standard InChI is InChI=1S/C20H31N3O2/c1-4-17-11-15(2)13-23(17)20(24)21-12-16-9-10-22(14-16)18-7-5-6-8-19(18)25-3/h5-8,15-17H,4,9-14H2,1-3H3,(H,21,24). The second-order valence-electron chi connectivity index (χ2n) is 7.51. The molecule has 0 bridgehead atoms. The smallest absolute Gasteiger partial charge is 0.317 e. The van der Waals surface area contributed by atoms with Crippen molar-refractivity contribution < 1.29 is 9.53 Å². The van der Waals surface area contributed by atoms with Crippen LogP contribution in [0.3, 0.4) is 0 Å². The summed E-state index contributed by atoms with van der Waals surface area (Å²) in [6.45, 7) is 8.03. The maximum Gasteiger partial charge on any atom is 0.317 e. The van der Waals surface area contributed by atoms with Gasteiger partial charge in [0.2, 0.25) is 0 Å². The fourth-order valence-corrected chi connectivity index (χ4v) is 4.23. The van der Waals surface area contributed by atoms with Crippen LogP contribution in [0.15, 0.2) is 24.3 Å². The average molecular weight is 345 g/mol. The van der Waals surface area contributed by atoms with E-state index < -0.39 is 0 Å². The topological polar surface area (TPSA) is 44.8 Å². The summed E-state index contributed by atoms with van der Waals surface area (Å²) in [4.78, 5) is 17.0. The summed E-state index contributed by atoms with van der Waals surface area (Å²) in [6.07, 6.45) is 3.28. The minimum atomic E-state index is 0.118. The van der Waals surface area contributed by atoms with E-state index in [1.54, 1.807) is 7.11 Å². The fraction of sp³-hybridized carbons (Fsp3) is 0.650. The van der Waals surface area contributed by atoms with E-state index in [4.69, 9.17) is 4.74 Å². The van der Waals surface area contributed by atoms with Gasteiger partial charge < -0.3 is 19.9 Å². The number of carbonyl (C=O) groups is 1. The van der Waals surface area contributed by atoms with E-state index in [0.29, 0.717) is 17.9 Å². The summed E-state index contributed by atoms with van der Waals surface area (Å²) < 4.78 is 5.47. The van der Waals surface area contributed by atoms with Crippen LogP contribution in [-0.2, 0) is 0 Å². The molecule has 2 heterocycles. The minimum absolute atomic E-state index is 0.118. The van der Waals surface area contributed by atoms with Crippen LogP contribution in [0.5, 0.6) is 5.75 Å². The number of anilines is 1. The molecule has 3 atom stereocenters. The third-order valence-corrected chi connectivity index (χ3v) is 5.61. The lowest BCUT2D eigenvalue weighted by Crippen LogP contribution is -2.44. The van der Waals surface area contributed by atoms with Crippen LogP contribution >= 0.6 is 0 Å². The summed E-state index contributed by atoms with van der Waals surface area (Å²) in [6, 6.07) is 8.68. The van der Waals surface area contributed by atoms with Crippen molar-refractivity contribution in [3.05, 3.63) is 24.3 Å². The Balaban J connectivity index is 1.51. The molecular weight excluding hydrogens is 314 g/mol. The number of nitrogens with one attached hydrogen (secondary N) is 1. The van der Waals surface area contributed by atoms with Crippen molar-refractivity contribution in [2.75, 3.05) is 38.2 Å². The Morgan fingerprint density at radius 2 is 2.12 bits per heavy atom. The van der Waals surface area contributed by atoms with E-state index in [1.807, 2.05) is 23.1 Å². The molecule has 5 heteroatoms. The Morgan fingerprint density at radius 1 is 1.32 bits per heavy atom. The van der Waals surface area contributed by atoms with Gasteiger partial charge in [-0.1, -0.05) is 26.0 Å². The number of benzene rings is 1. The maximum atomic E-state index is 12.6. The van der Waals surface area contributed by atoms with Crippen molar-refractivity contribution in [1.29, 1.82) is 0 Å². The molecule has 0 aromatic heterocycles. The second-order valence-corrected chi connectivity index (χ2v) is 7.51. The Hall–Kier alpha value is -1.91. The van der Waals surface area contributed by atoms with Gasteiger partial charge in [-0.3, -0.25) is 0 Å². The molecule has 3 unspecified atom stereocenters. The highest BCUT2D eigenvalue weighted by Crippen LogP contribution is 2.32. The number of amides is 2. The van der Waals surface area contributed by atoms with Gasteiger partial charge in [0.1, 0.15) is 5.75 Å². The summed E-state index contributed by atoms with van der Waals surface area (Å²) in [5, 5.41) is 3.18. The molecule has 0 saturated carbocycles. The van der Waals surface area contributed by atoms with Gasteiger partial charge in [0.25, 0.3) is 0 Å². The number of hydrogen-bond donors (Lipinski definition) is 1.